The molecule has 0 aromatic heterocycles. The molecule has 0 amide bonds. The monoisotopic (exact) mass is 531 g/mol. The second kappa shape index (κ2) is 8.75. The average Bonchev–Trinajstić information content (AvgIpc) is 3.48. The van der Waals surface area contributed by atoms with Crippen molar-refractivity contribution < 1.29 is 24.1 Å². The highest BCUT2D eigenvalue weighted by Gasteiger charge is 2.60. The van der Waals surface area contributed by atoms with E-state index in [1.165, 1.54) is 17.6 Å². The van der Waals surface area contributed by atoms with E-state index in [0.29, 0.717) is 41.5 Å². The molecule has 7 rings (SSSR count). The molecular weight excluding hydrogens is 490 g/mol. The molecule has 0 saturated heterocycles. The van der Waals surface area contributed by atoms with Crippen LogP contribution in [0.1, 0.15) is 82.4 Å². The van der Waals surface area contributed by atoms with Gasteiger partial charge >= 0.3 is 0 Å². The summed E-state index contributed by atoms with van der Waals surface area (Å²) in [6.07, 6.45) is 10.5. The Bertz CT molecular complexity index is 1320. The summed E-state index contributed by atoms with van der Waals surface area (Å²) in [4.78, 5) is 14.4. The summed E-state index contributed by atoms with van der Waals surface area (Å²) in [7, 11) is 3.77. The normalized spacial score (nSPS) is 40.4. The molecule has 3 fully saturated rings. The van der Waals surface area contributed by atoms with Crippen LogP contribution in [0.2, 0.25) is 0 Å². The number of ketones is 1. The number of ether oxygens (including phenoxy) is 3. The Hall–Kier alpha value is -2.49. The Balaban J connectivity index is 1.19. The van der Waals surface area contributed by atoms with Crippen molar-refractivity contribution in [3.8, 4) is 29.1 Å². The maximum atomic E-state index is 12.2. The third-order valence-corrected chi connectivity index (χ3v) is 11.6. The maximum Gasteiger partial charge on any atom is 0.231 e. The van der Waals surface area contributed by atoms with Crippen molar-refractivity contribution in [2.45, 2.75) is 83.3 Å². The van der Waals surface area contributed by atoms with Gasteiger partial charge in [0.15, 0.2) is 17.3 Å². The molecule has 6 aliphatic rings. The Kier molecular flexibility index (Phi) is 5.72. The number of fused-ring (bicyclic) bond motifs is 7. The van der Waals surface area contributed by atoms with Gasteiger partial charge in [-0.15, -0.1) is 0 Å². The van der Waals surface area contributed by atoms with Crippen molar-refractivity contribution in [2.24, 2.45) is 28.6 Å². The highest BCUT2D eigenvalue weighted by atomic mass is 16.7. The van der Waals surface area contributed by atoms with Gasteiger partial charge in [-0.05, 0) is 105 Å². The minimum Gasteiger partial charge on any atom is -0.492 e. The van der Waals surface area contributed by atoms with E-state index in [2.05, 4.69) is 43.7 Å². The molecular formula is C33H41NO5. The molecule has 6 nitrogen and oxygen atoms in total. The van der Waals surface area contributed by atoms with Crippen LogP contribution in [0.3, 0.4) is 0 Å². The van der Waals surface area contributed by atoms with Gasteiger partial charge in [-0.3, -0.25) is 9.69 Å². The first-order valence-electron chi connectivity index (χ1n) is 14.8. The molecule has 3 saturated carbocycles. The van der Waals surface area contributed by atoms with Gasteiger partial charge in [0, 0.05) is 18.5 Å². The second-order valence-corrected chi connectivity index (χ2v) is 13.7. The molecule has 0 spiro atoms. The van der Waals surface area contributed by atoms with Gasteiger partial charge < -0.3 is 19.3 Å². The van der Waals surface area contributed by atoms with Crippen LogP contribution >= 0.6 is 0 Å². The number of nitrogens with zero attached hydrogens (tertiary/aromatic N) is 1. The van der Waals surface area contributed by atoms with Gasteiger partial charge in [0.25, 0.3) is 0 Å². The predicted octanol–water partition coefficient (Wildman–Crippen LogP) is 5.22. The molecule has 208 valence electrons. The van der Waals surface area contributed by atoms with Gasteiger partial charge in [0.1, 0.15) is 11.6 Å². The van der Waals surface area contributed by atoms with Gasteiger partial charge in [-0.2, -0.15) is 0 Å². The van der Waals surface area contributed by atoms with Crippen molar-refractivity contribution in [3.63, 3.8) is 0 Å². The molecule has 2 heterocycles. The molecule has 0 radical (unpaired) electrons. The first kappa shape index (κ1) is 25.5. The first-order valence-corrected chi connectivity index (χ1v) is 14.8. The molecule has 7 atom stereocenters. The molecule has 1 N–H and O–H groups in total. The smallest absolute Gasteiger partial charge is 0.231 e. The van der Waals surface area contributed by atoms with Crippen molar-refractivity contribution in [3.05, 3.63) is 28.8 Å². The van der Waals surface area contributed by atoms with Crippen LogP contribution in [0.5, 0.6) is 17.2 Å². The quantitative estimate of drug-likeness (QED) is 0.502. The topological polar surface area (TPSA) is 68.2 Å². The minimum absolute atomic E-state index is 0.104. The highest BCUT2D eigenvalue weighted by Crippen LogP contribution is 2.66. The highest BCUT2D eigenvalue weighted by molar-refractivity contribution is 5.91. The number of rotatable bonds is 1. The Morgan fingerprint density at radius 3 is 2.79 bits per heavy atom. The van der Waals surface area contributed by atoms with Gasteiger partial charge in [-0.1, -0.05) is 31.3 Å². The van der Waals surface area contributed by atoms with E-state index in [0.717, 1.165) is 62.8 Å². The van der Waals surface area contributed by atoms with Crippen molar-refractivity contribution in [2.75, 3.05) is 27.5 Å². The number of hydrogen-bond acceptors (Lipinski definition) is 6. The number of carbonyl (C=O) groups is 1. The van der Waals surface area contributed by atoms with E-state index in [1.807, 2.05) is 6.08 Å². The predicted molar refractivity (Wildman–Crippen MR) is 148 cm³/mol. The second-order valence-electron chi connectivity index (χ2n) is 13.7. The summed E-state index contributed by atoms with van der Waals surface area (Å²) in [6, 6.07) is 1.90. The van der Waals surface area contributed by atoms with Crippen molar-refractivity contribution >= 4 is 5.78 Å². The fraction of sp³-hybridized carbons (Fsp3) is 0.667. The summed E-state index contributed by atoms with van der Waals surface area (Å²) in [5, 5.41) is 12.0. The average molecular weight is 532 g/mol. The zero-order valence-corrected chi connectivity index (χ0v) is 23.8. The summed E-state index contributed by atoms with van der Waals surface area (Å²) >= 11 is 0. The zero-order valence-electron chi connectivity index (χ0n) is 23.8. The lowest BCUT2D eigenvalue weighted by atomic mass is 9.47. The Morgan fingerprint density at radius 1 is 1.13 bits per heavy atom. The number of methoxy groups -OCH3 is 1. The van der Waals surface area contributed by atoms with E-state index < -0.39 is 5.60 Å². The number of benzene rings is 1. The Morgan fingerprint density at radius 2 is 1.97 bits per heavy atom. The standard InChI is InChI=1S/C33H41NO5/c1-31-11-8-24-23(6-5-21-16-22(35)7-12-32(21,24)2)25(31)17-33(36,18-31)13-9-26-28-20(10-14-34(26)3)15-27-29(30(28)37-4)39-19-38-27/h15-16,23-26,36H,5-8,10-12,14,17-19H2,1-4H3/t23-,24+,25+,26+,31-,32+,33+/m1/s1. The largest absolute Gasteiger partial charge is 0.492 e. The van der Waals surface area contributed by atoms with E-state index in [-0.39, 0.29) is 23.7 Å². The fourth-order valence-electron chi connectivity index (χ4n) is 9.59. The van der Waals surface area contributed by atoms with E-state index in [4.69, 9.17) is 14.2 Å². The Labute approximate surface area is 232 Å². The molecule has 6 heteroatoms. The van der Waals surface area contributed by atoms with Crippen LogP contribution in [-0.4, -0.2) is 48.9 Å². The van der Waals surface area contributed by atoms with Crippen LogP contribution in [0.25, 0.3) is 0 Å². The molecule has 0 bridgehead atoms. The third-order valence-electron chi connectivity index (χ3n) is 11.6. The molecule has 2 aliphatic heterocycles. The van der Waals surface area contributed by atoms with E-state index in [1.54, 1.807) is 7.11 Å². The van der Waals surface area contributed by atoms with Crippen LogP contribution in [-0.2, 0) is 11.2 Å². The van der Waals surface area contributed by atoms with E-state index in [9.17, 15) is 9.90 Å². The summed E-state index contributed by atoms with van der Waals surface area (Å²) in [5.74, 6) is 11.1. The molecule has 4 aliphatic carbocycles. The van der Waals surface area contributed by atoms with Gasteiger partial charge in [0.2, 0.25) is 12.5 Å². The summed E-state index contributed by atoms with van der Waals surface area (Å²) in [5.41, 5.74) is 2.87. The lowest BCUT2D eigenvalue weighted by Crippen LogP contribution is -2.49. The number of allylic oxidation sites excluding steroid dienone is 1. The van der Waals surface area contributed by atoms with Crippen LogP contribution in [0.15, 0.2) is 17.7 Å². The van der Waals surface area contributed by atoms with Crippen LogP contribution in [0.4, 0.5) is 0 Å². The fourth-order valence-corrected chi connectivity index (χ4v) is 9.59. The molecule has 39 heavy (non-hydrogen) atoms. The molecule has 1 aromatic rings. The lowest BCUT2D eigenvalue weighted by molar-refractivity contribution is -0.117. The molecule has 1 aromatic carbocycles. The van der Waals surface area contributed by atoms with Crippen LogP contribution < -0.4 is 14.2 Å². The minimum atomic E-state index is -0.990. The number of hydrogen-bond donors (Lipinski definition) is 1. The summed E-state index contributed by atoms with van der Waals surface area (Å²) < 4.78 is 17.3. The van der Waals surface area contributed by atoms with Crippen molar-refractivity contribution in [1.82, 2.24) is 4.90 Å². The van der Waals surface area contributed by atoms with Gasteiger partial charge in [-0.25, -0.2) is 0 Å². The van der Waals surface area contributed by atoms with Crippen LogP contribution in [0, 0.1) is 40.4 Å². The lowest BCUT2D eigenvalue weighted by Gasteiger charge is -2.57. The number of carbonyl (C=O) groups excluding carboxylic acids is 1. The first-order chi connectivity index (χ1) is 18.6. The van der Waals surface area contributed by atoms with Crippen molar-refractivity contribution in [1.29, 1.82) is 0 Å². The number of aliphatic hydroxyl groups is 1. The number of likely N-dealkylation sites (N-methyl/N-ethyl adjacent to an activating group) is 1. The van der Waals surface area contributed by atoms with E-state index >= 15 is 0 Å². The maximum absolute atomic E-state index is 12.2. The third kappa shape index (κ3) is 3.79. The van der Waals surface area contributed by atoms with Gasteiger partial charge in [0.05, 0.1) is 7.11 Å². The zero-order chi connectivity index (χ0) is 27.2. The summed E-state index contributed by atoms with van der Waals surface area (Å²) in [6.45, 7) is 5.90. The molecule has 0 unspecified atom stereocenters. The SMILES string of the molecule is COc1c2c(cc3c1[C@H](C#C[C@]1(O)C[C@H]4[C@@H]5CCC6=CC(=O)CC[C@]6(C)[C@H]5CC[C@]4(C)C1)N(C)CC3)OCO2.